The maximum absolute atomic E-state index is 4.17. The molecule has 0 aromatic carbocycles. The molecular formula is C10H13N3S. The molecule has 2 heterocycles. The summed E-state index contributed by atoms with van der Waals surface area (Å²) in [6.07, 6.45) is 2.88. The lowest BCUT2D eigenvalue weighted by molar-refractivity contribution is 1.02. The van der Waals surface area contributed by atoms with Crippen LogP contribution in [0.15, 0.2) is 23.7 Å². The first kappa shape index (κ1) is 9.27. The van der Waals surface area contributed by atoms with Crippen molar-refractivity contribution in [3.63, 3.8) is 0 Å². The Kier molecular flexibility index (Phi) is 2.84. The number of anilines is 1. The number of hydrogen-bond acceptors (Lipinski definition) is 3. The number of hydrogen-bond donors (Lipinski definition) is 2. The number of aryl methyl sites for hydroxylation is 1. The molecule has 2 aromatic rings. The Morgan fingerprint density at radius 1 is 1.57 bits per heavy atom. The molecule has 14 heavy (non-hydrogen) atoms. The Morgan fingerprint density at radius 2 is 2.50 bits per heavy atom. The van der Waals surface area contributed by atoms with Crippen molar-refractivity contribution >= 4 is 17.3 Å². The van der Waals surface area contributed by atoms with Crippen molar-refractivity contribution in [3.05, 3.63) is 34.3 Å². The molecule has 0 bridgehead atoms. The summed E-state index contributed by atoms with van der Waals surface area (Å²) in [6, 6.07) is 4.23. The molecule has 0 aliphatic rings. The molecule has 0 spiro atoms. The fraction of sp³-hybridized carbons (Fsp3) is 0.300. The second-order valence-corrected chi connectivity index (χ2v) is 4.20. The van der Waals surface area contributed by atoms with Crippen LogP contribution in [0.4, 0.5) is 5.95 Å². The first-order valence-electron chi connectivity index (χ1n) is 4.62. The SMILES string of the molecule is Cc1cnc(NCCc2cccs2)[nH]1. The minimum atomic E-state index is 0.860. The lowest BCUT2D eigenvalue weighted by Gasteiger charge is -2.00. The zero-order chi connectivity index (χ0) is 9.80. The third-order valence-corrected chi connectivity index (χ3v) is 2.88. The predicted octanol–water partition coefficient (Wildman–Crippen LogP) is 2.43. The maximum atomic E-state index is 4.17. The van der Waals surface area contributed by atoms with Crippen LogP contribution < -0.4 is 5.32 Å². The minimum absolute atomic E-state index is 0.860. The van der Waals surface area contributed by atoms with Gasteiger partial charge >= 0.3 is 0 Å². The highest BCUT2D eigenvalue weighted by atomic mass is 32.1. The van der Waals surface area contributed by atoms with E-state index in [9.17, 15) is 0 Å². The van der Waals surface area contributed by atoms with E-state index >= 15 is 0 Å². The number of nitrogens with one attached hydrogen (secondary N) is 2. The molecule has 0 atom stereocenters. The predicted molar refractivity (Wildman–Crippen MR) is 59.8 cm³/mol. The Balaban J connectivity index is 1.78. The molecule has 3 nitrogen and oxygen atoms in total. The van der Waals surface area contributed by atoms with Gasteiger partial charge in [-0.25, -0.2) is 4.98 Å². The Labute approximate surface area is 87.2 Å². The third kappa shape index (κ3) is 2.35. The van der Waals surface area contributed by atoms with Gasteiger partial charge in [-0.3, -0.25) is 0 Å². The van der Waals surface area contributed by atoms with Crippen molar-refractivity contribution in [1.29, 1.82) is 0 Å². The van der Waals surface area contributed by atoms with Gasteiger partial charge in [0.1, 0.15) is 0 Å². The maximum Gasteiger partial charge on any atom is 0.200 e. The standard InChI is InChI=1S/C10H13N3S/c1-8-7-12-10(13-8)11-5-4-9-3-2-6-14-9/h2-3,6-7H,4-5H2,1H3,(H2,11,12,13). The van der Waals surface area contributed by atoms with Gasteiger partial charge in [0.05, 0.1) is 0 Å². The van der Waals surface area contributed by atoms with Gasteiger partial charge in [-0.2, -0.15) is 0 Å². The van der Waals surface area contributed by atoms with Crippen molar-refractivity contribution in [3.8, 4) is 0 Å². The van der Waals surface area contributed by atoms with Crippen LogP contribution in [-0.4, -0.2) is 16.5 Å². The molecule has 0 amide bonds. The van der Waals surface area contributed by atoms with Crippen LogP contribution in [0.2, 0.25) is 0 Å². The largest absolute Gasteiger partial charge is 0.355 e. The van der Waals surface area contributed by atoms with Crippen molar-refractivity contribution < 1.29 is 0 Å². The van der Waals surface area contributed by atoms with Gasteiger partial charge in [-0.1, -0.05) is 6.07 Å². The number of rotatable bonds is 4. The van der Waals surface area contributed by atoms with Crippen LogP contribution in [0, 0.1) is 6.92 Å². The van der Waals surface area contributed by atoms with Gasteiger partial charge in [0, 0.05) is 23.3 Å². The van der Waals surface area contributed by atoms with Crippen molar-refractivity contribution in [2.45, 2.75) is 13.3 Å². The van der Waals surface area contributed by atoms with E-state index in [-0.39, 0.29) is 0 Å². The van der Waals surface area contributed by atoms with E-state index in [1.807, 2.05) is 13.1 Å². The molecule has 0 radical (unpaired) electrons. The van der Waals surface area contributed by atoms with E-state index in [0.717, 1.165) is 24.6 Å². The molecule has 0 saturated carbocycles. The van der Waals surface area contributed by atoms with E-state index in [1.165, 1.54) is 4.88 Å². The van der Waals surface area contributed by atoms with E-state index in [0.29, 0.717) is 0 Å². The lowest BCUT2D eigenvalue weighted by atomic mass is 10.3. The second-order valence-electron chi connectivity index (χ2n) is 3.17. The smallest absolute Gasteiger partial charge is 0.200 e. The van der Waals surface area contributed by atoms with E-state index in [1.54, 1.807) is 11.3 Å². The molecule has 0 aliphatic carbocycles. The first-order valence-corrected chi connectivity index (χ1v) is 5.50. The molecule has 0 aliphatic heterocycles. The van der Waals surface area contributed by atoms with E-state index < -0.39 is 0 Å². The van der Waals surface area contributed by atoms with Crippen LogP contribution in [0.25, 0.3) is 0 Å². The van der Waals surface area contributed by atoms with Crippen LogP contribution >= 0.6 is 11.3 Å². The molecule has 2 N–H and O–H groups in total. The van der Waals surface area contributed by atoms with Crippen LogP contribution in [0.3, 0.4) is 0 Å². The second kappa shape index (κ2) is 4.28. The Bertz CT molecular complexity index is 378. The van der Waals surface area contributed by atoms with Crippen molar-refractivity contribution in [2.24, 2.45) is 0 Å². The fourth-order valence-electron chi connectivity index (χ4n) is 1.26. The summed E-state index contributed by atoms with van der Waals surface area (Å²) in [5.74, 6) is 0.860. The summed E-state index contributed by atoms with van der Waals surface area (Å²) < 4.78 is 0. The molecule has 0 fully saturated rings. The topological polar surface area (TPSA) is 40.7 Å². The van der Waals surface area contributed by atoms with E-state index in [2.05, 4.69) is 32.8 Å². The summed E-state index contributed by atoms with van der Waals surface area (Å²) in [5.41, 5.74) is 1.09. The molecule has 0 saturated heterocycles. The van der Waals surface area contributed by atoms with Gasteiger partial charge in [0.15, 0.2) is 5.95 Å². The highest BCUT2D eigenvalue weighted by Crippen LogP contribution is 2.09. The van der Waals surface area contributed by atoms with E-state index in [4.69, 9.17) is 0 Å². The van der Waals surface area contributed by atoms with Gasteiger partial charge < -0.3 is 10.3 Å². The number of aromatic nitrogens is 2. The van der Waals surface area contributed by atoms with Crippen LogP contribution in [0.5, 0.6) is 0 Å². The monoisotopic (exact) mass is 207 g/mol. The molecule has 74 valence electrons. The van der Waals surface area contributed by atoms with Gasteiger partial charge in [-0.05, 0) is 24.8 Å². The summed E-state index contributed by atoms with van der Waals surface area (Å²) >= 11 is 1.79. The highest BCUT2D eigenvalue weighted by Gasteiger charge is 1.96. The number of aromatic amines is 1. The fourth-order valence-corrected chi connectivity index (χ4v) is 1.97. The first-order chi connectivity index (χ1) is 6.84. The van der Waals surface area contributed by atoms with Gasteiger partial charge in [0.25, 0.3) is 0 Å². The van der Waals surface area contributed by atoms with Crippen molar-refractivity contribution in [1.82, 2.24) is 9.97 Å². The summed E-state index contributed by atoms with van der Waals surface area (Å²) in [7, 11) is 0. The summed E-state index contributed by atoms with van der Waals surface area (Å²) in [4.78, 5) is 8.71. The minimum Gasteiger partial charge on any atom is -0.355 e. The Morgan fingerprint density at radius 3 is 3.14 bits per heavy atom. The number of thiophene rings is 1. The average molecular weight is 207 g/mol. The summed E-state index contributed by atoms with van der Waals surface area (Å²) in [6.45, 7) is 2.92. The molecule has 0 unspecified atom stereocenters. The average Bonchev–Trinajstić information content (AvgIpc) is 2.77. The van der Waals surface area contributed by atoms with Crippen molar-refractivity contribution in [2.75, 3.05) is 11.9 Å². The van der Waals surface area contributed by atoms with Gasteiger partial charge in [-0.15, -0.1) is 11.3 Å². The quantitative estimate of drug-likeness (QED) is 0.808. The third-order valence-electron chi connectivity index (χ3n) is 1.95. The molecule has 2 rings (SSSR count). The molecule has 4 heteroatoms. The normalized spacial score (nSPS) is 10.4. The van der Waals surface area contributed by atoms with Gasteiger partial charge in [0.2, 0.25) is 0 Å². The number of imidazole rings is 1. The zero-order valence-electron chi connectivity index (χ0n) is 8.08. The Hall–Kier alpha value is -1.29. The summed E-state index contributed by atoms with van der Waals surface area (Å²) in [5, 5.41) is 5.35. The lowest BCUT2D eigenvalue weighted by Crippen LogP contribution is -2.05. The highest BCUT2D eigenvalue weighted by molar-refractivity contribution is 7.09. The van der Waals surface area contributed by atoms with Crippen LogP contribution in [-0.2, 0) is 6.42 Å². The zero-order valence-corrected chi connectivity index (χ0v) is 8.90. The van der Waals surface area contributed by atoms with Crippen LogP contribution in [0.1, 0.15) is 10.6 Å². The molecule has 2 aromatic heterocycles. The molecular weight excluding hydrogens is 194 g/mol. The number of nitrogens with zero attached hydrogens (tertiary/aromatic N) is 1. The number of H-pyrrole nitrogens is 1.